The summed E-state index contributed by atoms with van der Waals surface area (Å²) < 4.78 is 0. The Hall–Kier alpha value is -1.88. The van der Waals surface area contributed by atoms with Crippen molar-refractivity contribution in [3.05, 3.63) is 30.3 Å². The van der Waals surface area contributed by atoms with Crippen LogP contribution in [0.15, 0.2) is 30.3 Å². The van der Waals surface area contributed by atoms with E-state index in [2.05, 4.69) is 5.32 Å². The Morgan fingerprint density at radius 2 is 1.79 bits per heavy atom. The second-order valence-corrected chi connectivity index (χ2v) is 5.32. The number of benzene rings is 1. The van der Waals surface area contributed by atoms with E-state index in [1.165, 1.54) is 4.90 Å². The Morgan fingerprint density at radius 3 is 2.26 bits per heavy atom. The first-order valence-corrected chi connectivity index (χ1v) is 6.20. The Kier molecular flexibility index (Phi) is 5.06. The van der Waals surface area contributed by atoms with E-state index in [0.29, 0.717) is 5.69 Å². The summed E-state index contributed by atoms with van der Waals surface area (Å²) in [7, 11) is 0. The molecular weight excluding hydrogens is 242 g/mol. The average Bonchev–Trinajstić information content (AvgIpc) is 2.34. The van der Waals surface area contributed by atoms with E-state index < -0.39 is 0 Å². The third kappa shape index (κ3) is 5.09. The molecule has 0 heterocycles. The summed E-state index contributed by atoms with van der Waals surface area (Å²) in [6, 6.07) is 9.03. The number of nitrogens with two attached hydrogens (primary N) is 1. The number of nitrogens with zero attached hydrogens (tertiary/aromatic N) is 1. The molecule has 0 saturated heterocycles. The molecule has 1 aromatic carbocycles. The van der Waals surface area contributed by atoms with Crippen molar-refractivity contribution in [1.29, 1.82) is 0 Å². The van der Waals surface area contributed by atoms with Crippen LogP contribution in [0, 0.1) is 0 Å². The van der Waals surface area contributed by atoms with Gasteiger partial charge in [-0.05, 0) is 32.9 Å². The zero-order chi connectivity index (χ0) is 14.5. The normalized spacial score (nSPS) is 10.9. The standard InChI is InChI=1S/C14H21N3O2/c1-14(2,3)16-12(18)10-17(13(19)9-15)11-7-5-4-6-8-11/h4-8H,9-10,15H2,1-3H3,(H,16,18). The SMILES string of the molecule is CC(C)(C)NC(=O)CN(C(=O)CN)c1ccccc1. The molecule has 0 bridgehead atoms. The highest BCUT2D eigenvalue weighted by molar-refractivity contribution is 5.99. The summed E-state index contributed by atoms with van der Waals surface area (Å²) in [5.74, 6) is -0.492. The Balaban J connectivity index is 2.83. The molecule has 19 heavy (non-hydrogen) atoms. The van der Waals surface area contributed by atoms with E-state index in [9.17, 15) is 9.59 Å². The zero-order valence-corrected chi connectivity index (χ0v) is 11.6. The fourth-order valence-electron chi connectivity index (χ4n) is 1.64. The van der Waals surface area contributed by atoms with Crippen molar-refractivity contribution in [2.45, 2.75) is 26.3 Å². The number of para-hydroxylation sites is 1. The van der Waals surface area contributed by atoms with E-state index in [1.807, 2.05) is 39.0 Å². The van der Waals surface area contributed by atoms with Crippen LogP contribution in [0.4, 0.5) is 5.69 Å². The molecule has 2 amide bonds. The van der Waals surface area contributed by atoms with Crippen LogP contribution in [0.25, 0.3) is 0 Å². The molecule has 1 aromatic rings. The minimum Gasteiger partial charge on any atom is -0.350 e. The van der Waals surface area contributed by atoms with Crippen LogP contribution in [0.5, 0.6) is 0 Å². The molecular formula is C14H21N3O2. The molecule has 0 radical (unpaired) electrons. The van der Waals surface area contributed by atoms with Crippen LogP contribution in [-0.2, 0) is 9.59 Å². The van der Waals surface area contributed by atoms with Gasteiger partial charge in [-0.2, -0.15) is 0 Å². The number of carbonyl (C=O) groups is 2. The van der Waals surface area contributed by atoms with Crippen molar-refractivity contribution < 1.29 is 9.59 Å². The van der Waals surface area contributed by atoms with E-state index in [4.69, 9.17) is 5.73 Å². The van der Waals surface area contributed by atoms with Gasteiger partial charge in [0.2, 0.25) is 11.8 Å². The molecule has 5 heteroatoms. The van der Waals surface area contributed by atoms with Crippen molar-refractivity contribution in [3.8, 4) is 0 Å². The maximum atomic E-state index is 11.9. The van der Waals surface area contributed by atoms with Crippen LogP contribution in [0.2, 0.25) is 0 Å². The van der Waals surface area contributed by atoms with Crippen LogP contribution in [0.1, 0.15) is 20.8 Å². The highest BCUT2D eigenvalue weighted by Gasteiger charge is 2.20. The van der Waals surface area contributed by atoms with Crippen molar-refractivity contribution >= 4 is 17.5 Å². The molecule has 0 spiro atoms. The van der Waals surface area contributed by atoms with Gasteiger partial charge in [0, 0.05) is 11.2 Å². The molecule has 0 saturated carbocycles. The Morgan fingerprint density at radius 1 is 1.21 bits per heavy atom. The summed E-state index contributed by atoms with van der Waals surface area (Å²) in [4.78, 5) is 25.1. The van der Waals surface area contributed by atoms with Gasteiger partial charge in [0.05, 0.1) is 6.54 Å². The van der Waals surface area contributed by atoms with Gasteiger partial charge in [-0.25, -0.2) is 0 Å². The van der Waals surface area contributed by atoms with Crippen molar-refractivity contribution in [1.82, 2.24) is 5.32 Å². The number of rotatable bonds is 4. The van der Waals surface area contributed by atoms with E-state index in [-0.39, 0.29) is 30.4 Å². The predicted molar refractivity (Wildman–Crippen MR) is 75.7 cm³/mol. The molecule has 5 nitrogen and oxygen atoms in total. The van der Waals surface area contributed by atoms with Gasteiger partial charge in [-0.1, -0.05) is 18.2 Å². The van der Waals surface area contributed by atoms with Crippen molar-refractivity contribution in [3.63, 3.8) is 0 Å². The lowest BCUT2D eigenvalue weighted by Gasteiger charge is -2.25. The van der Waals surface area contributed by atoms with Crippen molar-refractivity contribution in [2.75, 3.05) is 18.0 Å². The molecule has 0 aromatic heterocycles. The van der Waals surface area contributed by atoms with E-state index in [1.54, 1.807) is 12.1 Å². The maximum Gasteiger partial charge on any atom is 0.241 e. The van der Waals surface area contributed by atoms with Gasteiger partial charge >= 0.3 is 0 Å². The molecule has 0 atom stereocenters. The third-order valence-corrected chi connectivity index (χ3v) is 2.36. The fraction of sp³-hybridized carbons (Fsp3) is 0.429. The van der Waals surface area contributed by atoms with Crippen LogP contribution >= 0.6 is 0 Å². The smallest absolute Gasteiger partial charge is 0.241 e. The highest BCUT2D eigenvalue weighted by atomic mass is 16.2. The molecule has 1 rings (SSSR count). The van der Waals surface area contributed by atoms with Gasteiger partial charge in [0.15, 0.2) is 0 Å². The number of hydrogen-bond acceptors (Lipinski definition) is 3. The quantitative estimate of drug-likeness (QED) is 0.847. The maximum absolute atomic E-state index is 11.9. The second-order valence-electron chi connectivity index (χ2n) is 5.32. The predicted octanol–water partition coefficient (Wildman–Crippen LogP) is 0.893. The van der Waals surface area contributed by atoms with Gasteiger partial charge in [0.1, 0.15) is 6.54 Å². The summed E-state index contributed by atoms with van der Waals surface area (Å²) in [5.41, 5.74) is 5.73. The Labute approximate surface area is 113 Å². The molecule has 0 fully saturated rings. The topological polar surface area (TPSA) is 75.4 Å². The molecule has 0 aliphatic carbocycles. The van der Waals surface area contributed by atoms with Gasteiger partial charge in [-0.3, -0.25) is 9.59 Å². The van der Waals surface area contributed by atoms with Crippen molar-refractivity contribution in [2.24, 2.45) is 5.73 Å². The van der Waals surface area contributed by atoms with Crippen LogP contribution in [0.3, 0.4) is 0 Å². The van der Waals surface area contributed by atoms with E-state index in [0.717, 1.165) is 0 Å². The lowest BCUT2D eigenvalue weighted by molar-refractivity contribution is -0.124. The number of carbonyl (C=O) groups excluding carboxylic acids is 2. The summed E-state index contributed by atoms with van der Waals surface area (Å²) in [6.45, 7) is 5.52. The first kappa shape index (κ1) is 15.2. The molecule has 0 unspecified atom stereocenters. The van der Waals surface area contributed by atoms with E-state index >= 15 is 0 Å². The number of anilines is 1. The fourth-order valence-corrected chi connectivity index (χ4v) is 1.64. The lowest BCUT2D eigenvalue weighted by atomic mass is 10.1. The summed E-state index contributed by atoms with van der Waals surface area (Å²) in [6.07, 6.45) is 0. The minimum atomic E-state index is -0.328. The van der Waals surface area contributed by atoms with Crippen LogP contribution < -0.4 is 16.0 Å². The molecule has 0 aliphatic heterocycles. The number of nitrogens with one attached hydrogen (secondary N) is 1. The zero-order valence-electron chi connectivity index (χ0n) is 11.6. The van der Waals surface area contributed by atoms with Gasteiger partial charge in [-0.15, -0.1) is 0 Å². The lowest BCUT2D eigenvalue weighted by Crippen LogP contribution is -2.48. The van der Waals surface area contributed by atoms with Gasteiger partial charge in [0.25, 0.3) is 0 Å². The summed E-state index contributed by atoms with van der Waals surface area (Å²) in [5, 5.41) is 2.82. The Bertz CT molecular complexity index is 438. The second kappa shape index (κ2) is 6.33. The number of hydrogen-bond donors (Lipinski definition) is 2. The average molecular weight is 263 g/mol. The third-order valence-electron chi connectivity index (χ3n) is 2.36. The largest absolute Gasteiger partial charge is 0.350 e. The monoisotopic (exact) mass is 263 g/mol. The van der Waals surface area contributed by atoms with Crippen LogP contribution in [-0.4, -0.2) is 30.4 Å². The minimum absolute atomic E-state index is 0.0304. The molecule has 0 aliphatic rings. The highest BCUT2D eigenvalue weighted by Crippen LogP contribution is 2.13. The summed E-state index contributed by atoms with van der Waals surface area (Å²) >= 11 is 0. The number of amides is 2. The molecule has 104 valence electrons. The first-order chi connectivity index (χ1) is 8.83. The molecule has 3 N–H and O–H groups in total. The first-order valence-electron chi connectivity index (χ1n) is 6.20. The van der Waals surface area contributed by atoms with Gasteiger partial charge < -0.3 is 16.0 Å².